The second-order valence-electron chi connectivity index (χ2n) is 6.82. The van der Waals surface area contributed by atoms with Gasteiger partial charge in [0.15, 0.2) is 23.2 Å². The van der Waals surface area contributed by atoms with Crippen LogP contribution in [0, 0.1) is 0 Å². The summed E-state index contributed by atoms with van der Waals surface area (Å²) < 4.78 is 48.0. The Morgan fingerprint density at radius 1 is 1.16 bits per heavy atom. The fraction of sp³-hybridized carbons (Fsp3) is 0.389. The molecule has 0 amide bonds. The molecule has 3 aromatic rings. The van der Waals surface area contributed by atoms with Crippen molar-refractivity contribution in [2.24, 2.45) is 0 Å². The molecule has 0 saturated carbocycles. The molecule has 4 rings (SSSR count). The van der Waals surface area contributed by atoms with E-state index in [1.807, 2.05) is 0 Å². The molecule has 0 spiro atoms. The first-order chi connectivity index (χ1) is 14.8. The number of halogens is 3. The van der Waals surface area contributed by atoms with Gasteiger partial charge in [0.2, 0.25) is 0 Å². The zero-order chi connectivity index (χ0) is 22.2. The maximum Gasteiger partial charge on any atom is 0.573 e. The summed E-state index contributed by atoms with van der Waals surface area (Å²) >= 11 is 0. The van der Waals surface area contributed by atoms with Gasteiger partial charge in [-0.05, 0) is 17.7 Å². The minimum Gasteiger partial charge on any atom is -0.406 e. The number of aliphatic hydroxyl groups is 3. The Labute approximate surface area is 172 Å². The SMILES string of the molecule is OC[C@H]1O[C@@H](n2cnc3c(NCc4cccc(OC(F)(F)F)c4)ncnc32)[C@H](O)[C@@H]1O. The van der Waals surface area contributed by atoms with Crippen molar-refractivity contribution in [2.45, 2.75) is 37.4 Å². The lowest BCUT2D eigenvalue weighted by Crippen LogP contribution is -2.33. The monoisotopic (exact) mass is 441 g/mol. The molecular weight excluding hydrogens is 423 g/mol. The third-order valence-corrected chi connectivity index (χ3v) is 4.74. The third kappa shape index (κ3) is 4.39. The Hall–Kier alpha value is -3.00. The quantitative estimate of drug-likeness (QED) is 0.441. The number of aromatic nitrogens is 4. The zero-order valence-electron chi connectivity index (χ0n) is 15.8. The molecule has 13 heteroatoms. The van der Waals surface area contributed by atoms with E-state index in [-0.39, 0.29) is 12.3 Å². The molecule has 1 aromatic carbocycles. The number of nitrogens with zero attached hydrogens (tertiary/aromatic N) is 4. The molecule has 0 bridgehead atoms. The molecule has 1 aliphatic heterocycles. The lowest BCUT2D eigenvalue weighted by Gasteiger charge is -2.16. The second-order valence-corrected chi connectivity index (χ2v) is 6.82. The van der Waals surface area contributed by atoms with E-state index in [9.17, 15) is 28.5 Å². The standard InChI is InChI=1S/C18H18F3N5O5/c19-18(20,21)31-10-3-1-2-9(4-10)5-22-15-12-16(24-7-23-15)26(8-25-12)17-14(29)13(28)11(6-27)30-17/h1-4,7-8,11,13-14,17,27-29H,5-6H2,(H,22,23,24)/t11-,13-,14-,17-/m1/s1. The molecule has 1 fully saturated rings. The number of rotatable bonds is 6. The highest BCUT2D eigenvalue weighted by Gasteiger charge is 2.44. The highest BCUT2D eigenvalue weighted by molar-refractivity contribution is 5.82. The minimum atomic E-state index is -4.78. The van der Waals surface area contributed by atoms with Gasteiger partial charge in [-0.15, -0.1) is 13.2 Å². The van der Waals surface area contributed by atoms with Crippen molar-refractivity contribution in [3.8, 4) is 5.75 Å². The molecule has 31 heavy (non-hydrogen) atoms. The van der Waals surface area contributed by atoms with E-state index in [1.54, 1.807) is 6.07 Å². The number of imidazole rings is 1. The number of ether oxygens (including phenoxy) is 2. The van der Waals surface area contributed by atoms with Crippen molar-refractivity contribution < 1.29 is 38.0 Å². The number of alkyl halides is 3. The second kappa shape index (κ2) is 8.26. The normalized spacial score (nSPS) is 23.9. The fourth-order valence-corrected chi connectivity index (χ4v) is 3.32. The number of aliphatic hydroxyl groups excluding tert-OH is 3. The highest BCUT2D eigenvalue weighted by atomic mass is 19.4. The average Bonchev–Trinajstić information content (AvgIpc) is 3.27. The number of nitrogens with one attached hydrogen (secondary N) is 1. The summed E-state index contributed by atoms with van der Waals surface area (Å²) in [5.74, 6) is -0.0362. The van der Waals surface area contributed by atoms with E-state index in [0.29, 0.717) is 22.5 Å². The largest absolute Gasteiger partial charge is 0.573 e. The first kappa shape index (κ1) is 21.2. The van der Waals surface area contributed by atoms with E-state index in [4.69, 9.17) is 4.74 Å². The van der Waals surface area contributed by atoms with Crippen molar-refractivity contribution in [2.75, 3.05) is 11.9 Å². The number of benzene rings is 1. The van der Waals surface area contributed by atoms with Crippen molar-refractivity contribution in [1.82, 2.24) is 19.5 Å². The molecule has 3 heterocycles. The third-order valence-electron chi connectivity index (χ3n) is 4.74. The maximum absolute atomic E-state index is 12.4. The Bertz CT molecular complexity index is 1060. The fourth-order valence-electron chi connectivity index (χ4n) is 3.32. The zero-order valence-corrected chi connectivity index (χ0v) is 15.8. The van der Waals surface area contributed by atoms with Crippen LogP contribution in [-0.2, 0) is 11.3 Å². The lowest BCUT2D eigenvalue weighted by molar-refractivity contribution is -0.274. The molecule has 10 nitrogen and oxygen atoms in total. The molecular formula is C18H18F3N5O5. The van der Waals surface area contributed by atoms with Gasteiger partial charge in [-0.25, -0.2) is 15.0 Å². The van der Waals surface area contributed by atoms with Crippen LogP contribution < -0.4 is 10.1 Å². The van der Waals surface area contributed by atoms with Gasteiger partial charge < -0.3 is 30.1 Å². The molecule has 1 saturated heterocycles. The van der Waals surface area contributed by atoms with E-state index in [0.717, 1.165) is 0 Å². The predicted molar refractivity (Wildman–Crippen MR) is 98.8 cm³/mol. The van der Waals surface area contributed by atoms with Crippen LogP contribution in [0.25, 0.3) is 11.2 Å². The van der Waals surface area contributed by atoms with Gasteiger partial charge in [0.05, 0.1) is 12.9 Å². The summed E-state index contributed by atoms with van der Waals surface area (Å²) in [6.07, 6.45) is -6.75. The molecule has 0 unspecified atom stereocenters. The molecule has 0 radical (unpaired) electrons. The highest BCUT2D eigenvalue weighted by Crippen LogP contribution is 2.32. The van der Waals surface area contributed by atoms with Crippen LogP contribution in [0.1, 0.15) is 11.8 Å². The molecule has 2 aromatic heterocycles. The topological polar surface area (TPSA) is 135 Å². The number of hydrogen-bond acceptors (Lipinski definition) is 9. The molecule has 0 aliphatic carbocycles. The van der Waals surface area contributed by atoms with E-state index < -0.39 is 37.5 Å². The van der Waals surface area contributed by atoms with Crippen molar-refractivity contribution in [1.29, 1.82) is 0 Å². The first-order valence-electron chi connectivity index (χ1n) is 9.15. The number of anilines is 1. The number of hydrogen-bond donors (Lipinski definition) is 4. The summed E-state index contributed by atoms with van der Waals surface area (Å²) in [5, 5.41) is 32.4. The van der Waals surface area contributed by atoms with Gasteiger partial charge in [0.1, 0.15) is 30.4 Å². The van der Waals surface area contributed by atoms with E-state index in [2.05, 4.69) is 25.0 Å². The van der Waals surface area contributed by atoms with Crippen LogP contribution in [0.3, 0.4) is 0 Å². The van der Waals surface area contributed by atoms with Crippen molar-refractivity contribution >= 4 is 17.0 Å². The van der Waals surface area contributed by atoms with Crippen LogP contribution in [0.2, 0.25) is 0 Å². The number of fused-ring (bicyclic) bond motifs is 1. The summed E-state index contributed by atoms with van der Waals surface area (Å²) in [7, 11) is 0. The summed E-state index contributed by atoms with van der Waals surface area (Å²) in [6.45, 7) is -0.345. The first-order valence-corrected chi connectivity index (χ1v) is 9.15. The summed E-state index contributed by atoms with van der Waals surface area (Å²) in [6, 6.07) is 5.50. The molecule has 166 valence electrons. The Morgan fingerprint density at radius 3 is 2.68 bits per heavy atom. The van der Waals surface area contributed by atoms with Gasteiger partial charge in [-0.1, -0.05) is 12.1 Å². The van der Waals surface area contributed by atoms with Crippen LogP contribution >= 0.6 is 0 Å². The van der Waals surface area contributed by atoms with Crippen molar-refractivity contribution in [3.05, 3.63) is 42.5 Å². The van der Waals surface area contributed by atoms with Gasteiger partial charge in [-0.2, -0.15) is 0 Å². The summed E-state index contributed by atoms with van der Waals surface area (Å²) in [4.78, 5) is 12.5. The van der Waals surface area contributed by atoms with Gasteiger partial charge in [0.25, 0.3) is 0 Å². The Balaban J connectivity index is 1.54. The van der Waals surface area contributed by atoms with Crippen molar-refractivity contribution in [3.63, 3.8) is 0 Å². The van der Waals surface area contributed by atoms with Crippen LogP contribution in [0.5, 0.6) is 5.75 Å². The van der Waals surface area contributed by atoms with Gasteiger partial charge in [-0.3, -0.25) is 4.57 Å². The molecule has 1 aliphatic rings. The Kier molecular flexibility index (Phi) is 5.66. The van der Waals surface area contributed by atoms with Gasteiger partial charge >= 0.3 is 6.36 Å². The van der Waals surface area contributed by atoms with Crippen LogP contribution in [0.4, 0.5) is 19.0 Å². The minimum absolute atomic E-state index is 0.127. The van der Waals surface area contributed by atoms with Gasteiger partial charge in [0, 0.05) is 6.54 Å². The molecule has 4 N–H and O–H groups in total. The summed E-state index contributed by atoms with van der Waals surface area (Å²) in [5.41, 5.74) is 1.13. The van der Waals surface area contributed by atoms with E-state index in [1.165, 1.54) is 35.4 Å². The maximum atomic E-state index is 12.4. The lowest BCUT2D eigenvalue weighted by atomic mass is 10.1. The Morgan fingerprint density at radius 2 is 1.97 bits per heavy atom. The van der Waals surface area contributed by atoms with Crippen LogP contribution in [0.15, 0.2) is 36.9 Å². The smallest absolute Gasteiger partial charge is 0.406 e. The van der Waals surface area contributed by atoms with Crippen LogP contribution in [-0.4, -0.2) is 66.1 Å². The van der Waals surface area contributed by atoms with E-state index >= 15 is 0 Å². The average molecular weight is 441 g/mol. The predicted octanol–water partition coefficient (Wildman–Crippen LogP) is 0.949. The molecule has 4 atom stereocenters.